The van der Waals surface area contributed by atoms with Crippen LogP contribution in [0.2, 0.25) is 0 Å². The van der Waals surface area contributed by atoms with Crippen LogP contribution in [-0.2, 0) is 22.3 Å². The van der Waals surface area contributed by atoms with Crippen LogP contribution in [0.5, 0.6) is 0 Å². The van der Waals surface area contributed by atoms with Gasteiger partial charge in [0.15, 0.2) is 7.14 Å². The summed E-state index contributed by atoms with van der Waals surface area (Å²) in [5.41, 5.74) is -10.3. The van der Waals surface area contributed by atoms with Crippen molar-refractivity contribution in [3.8, 4) is 0 Å². The molecule has 0 aliphatic heterocycles. The van der Waals surface area contributed by atoms with E-state index in [1.807, 2.05) is 0 Å². The molecule has 0 radical (unpaired) electrons. The fourth-order valence-electron chi connectivity index (χ4n) is 5.99. The molecule has 0 heterocycles. The average Bonchev–Trinajstić information content (AvgIpc) is 3.26. The molecule has 0 saturated heterocycles. The summed E-state index contributed by atoms with van der Waals surface area (Å²) < 4.78 is 562. The van der Waals surface area contributed by atoms with Crippen molar-refractivity contribution >= 4 is 23.1 Å². The van der Waals surface area contributed by atoms with Crippen molar-refractivity contribution in [2.24, 2.45) is 0 Å². The normalized spacial score (nSPS) is 16.0. The number of alkyl halides is 39. The highest BCUT2D eigenvalue weighted by Crippen LogP contribution is 2.66. The molecule has 0 amide bonds. The van der Waals surface area contributed by atoms with E-state index in [9.17, 15) is 145 Å². The van der Waals surface area contributed by atoms with Crippen LogP contribution in [0, 0.1) is 0 Å². The molecule has 440 valence electrons. The van der Waals surface area contributed by atoms with Gasteiger partial charge in [-0.05, 0) is 18.2 Å². The lowest BCUT2D eigenvalue weighted by Gasteiger charge is -2.40. The lowest BCUT2D eigenvalue weighted by molar-refractivity contribution is -0.441. The van der Waals surface area contributed by atoms with Gasteiger partial charge >= 0.3 is 107 Å². The van der Waals surface area contributed by atoms with Crippen LogP contribution in [0.4, 0.5) is 171 Å². The van der Waals surface area contributed by atoms with E-state index in [4.69, 9.17) is 0 Å². The summed E-state index contributed by atoms with van der Waals surface area (Å²) in [4.78, 5) is 0. The van der Waals surface area contributed by atoms with Gasteiger partial charge in [0.1, 0.15) is 0 Å². The smallest absolute Gasteiger partial charge is 0.309 e. The van der Waals surface area contributed by atoms with Crippen LogP contribution >= 0.6 is 7.14 Å². The zero-order valence-electron chi connectivity index (χ0n) is 34.5. The Hall–Kier alpha value is -4.84. The largest absolute Gasteiger partial charge is 0.460 e. The Morgan fingerprint density at radius 3 is 0.532 bits per heavy atom. The van der Waals surface area contributed by atoms with Crippen molar-refractivity contribution < 1.29 is 176 Å². The third-order valence-electron chi connectivity index (χ3n) is 10.5. The number of rotatable bonds is 18. The first-order chi connectivity index (χ1) is 33.4. The predicted molar refractivity (Wildman–Crippen MR) is 175 cm³/mol. The minimum Gasteiger partial charge on any atom is -0.309 e. The molecule has 0 spiro atoms. The van der Waals surface area contributed by atoms with Crippen molar-refractivity contribution in [3.63, 3.8) is 0 Å². The van der Waals surface area contributed by atoms with Gasteiger partial charge in [0, 0.05) is 32.6 Å². The van der Waals surface area contributed by atoms with Crippen LogP contribution in [-0.4, -0.2) is 89.6 Å². The van der Waals surface area contributed by atoms with Crippen LogP contribution in [0.1, 0.15) is 16.7 Å². The molecule has 1 nitrogen and oxygen atoms in total. The number of benzene rings is 3. The van der Waals surface area contributed by atoms with E-state index in [0.717, 1.165) is 0 Å². The number of hydrogen-bond acceptors (Lipinski definition) is 1. The third kappa shape index (κ3) is 8.85. The lowest BCUT2D eigenvalue weighted by atomic mass is 9.90. The second-order valence-electron chi connectivity index (χ2n) is 15.4. The van der Waals surface area contributed by atoms with Gasteiger partial charge in [-0.2, -0.15) is 171 Å². The first kappa shape index (κ1) is 66.4. The van der Waals surface area contributed by atoms with E-state index < -0.39 is 220 Å². The first-order valence-electron chi connectivity index (χ1n) is 18.2. The molecule has 0 aliphatic rings. The third-order valence-corrected chi connectivity index (χ3v) is 13.5. The molecule has 3 aromatic rings. The Balaban J connectivity index is 2.60. The van der Waals surface area contributed by atoms with Crippen LogP contribution in [0.15, 0.2) is 72.8 Å². The fraction of sp³-hybridized carbons (Fsp3) is 0.500. The topological polar surface area (TPSA) is 17.1 Å². The summed E-state index contributed by atoms with van der Waals surface area (Å²) in [5.74, 6) is -126. The van der Waals surface area contributed by atoms with Crippen LogP contribution in [0.3, 0.4) is 0 Å². The maximum Gasteiger partial charge on any atom is 0.460 e. The SMILES string of the molecule is O=P(c1cccc(C(F)(F)C(F)(F)C(F)(F)C(F)(F)C(F)(F)C(F)(F)F)c1)(c1cccc(C(F)(F)C(F)(F)C(F)(F)C(F)(F)C(F)(F)C(F)(F)F)c1)c1cccc(C(F)(F)C(F)(F)C(F)(F)C(F)(F)C(F)(F)C(F)(F)F)c1. The summed E-state index contributed by atoms with van der Waals surface area (Å²) in [7, 11) is -7.14. The van der Waals surface area contributed by atoms with Crippen molar-refractivity contribution in [3.05, 3.63) is 89.5 Å². The molecule has 3 rings (SSSR count). The molecule has 0 saturated carbocycles. The highest BCUT2D eigenvalue weighted by Gasteiger charge is 2.94. The monoisotopic (exact) mass is 1230 g/mol. The molecule has 0 atom stereocenters. The predicted octanol–water partition coefficient (Wildman–Crippen LogP) is 15.9. The van der Waals surface area contributed by atoms with E-state index in [-0.39, 0.29) is 0 Å². The summed E-state index contributed by atoms with van der Waals surface area (Å²) in [6.07, 6.45) is -24.2. The van der Waals surface area contributed by atoms with E-state index in [0.29, 0.717) is 0 Å². The Morgan fingerprint density at radius 2 is 0.377 bits per heavy atom. The Labute approximate surface area is 396 Å². The molecule has 0 aromatic heterocycles. The van der Waals surface area contributed by atoms with Crippen LogP contribution < -0.4 is 15.9 Å². The number of hydrogen-bond donors (Lipinski definition) is 0. The summed E-state index contributed by atoms with van der Waals surface area (Å²) in [6.45, 7) is 0. The summed E-state index contributed by atoms with van der Waals surface area (Å²) in [5, 5.41) is -7.57. The van der Waals surface area contributed by atoms with E-state index in [1.165, 1.54) is 0 Å². The Morgan fingerprint density at radius 1 is 0.221 bits per heavy atom. The highest BCUT2D eigenvalue weighted by molar-refractivity contribution is 7.85. The van der Waals surface area contributed by atoms with Crippen LogP contribution in [0.25, 0.3) is 0 Å². The van der Waals surface area contributed by atoms with Gasteiger partial charge in [-0.3, -0.25) is 0 Å². The molecular formula is C36H12F39OP. The standard InChI is InChI=1S/C36H12F39OP/c37-19(38,22(43,44)25(49,50)28(55,56)31(61,62)34(67,68)69)13-4-1-7-16(10-13)77(76,17-8-2-5-14(11-17)20(39,40)23(45,46)26(51,52)29(57,58)32(63,64)35(70,71)72)18-9-3-6-15(12-18)21(41,42)24(47,48)27(53,54)30(59,60)33(65,66)36(73,74)75/h1-12H. The van der Waals surface area contributed by atoms with Gasteiger partial charge < -0.3 is 4.57 Å². The molecule has 0 N–H and O–H groups in total. The zero-order valence-corrected chi connectivity index (χ0v) is 35.4. The molecule has 0 bridgehead atoms. The number of halogens is 39. The van der Waals surface area contributed by atoms with E-state index >= 15 is 30.9 Å². The molecule has 0 unspecified atom stereocenters. The highest BCUT2D eigenvalue weighted by atomic mass is 31.2. The second-order valence-corrected chi connectivity index (χ2v) is 18.1. The first-order valence-corrected chi connectivity index (χ1v) is 19.9. The zero-order chi connectivity index (χ0) is 61.4. The summed E-state index contributed by atoms with van der Waals surface area (Å²) >= 11 is 0. The Kier molecular flexibility index (Phi) is 15.6. The molecule has 0 aliphatic carbocycles. The van der Waals surface area contributed by atoms with E-state index in [2.05, 4.69) is 0 Å². The van der Waals surface area contributed by atoms with Gasteiger partial charge in [0.2, 0.25) is 0 Å². The minimum atomic E-state index is -8.77. The average molecular weight is 1230 g/mol. The van der Waals surface area contributed by atoms with Gasteiger partial charge in [-0.25, -0.2) is 0 Å². The van der Waals surface area contributed by atoms with Crippen molar-refractivity contribution in [1.29, 1.82) is 0 Å². The minimum absolute atomic E-state index is 0.482. The molecular weight excluding hydrogens is 1220 g/mol. The fourth-order valence-corrected chi connectivity index (χ4v) is 8.74. The lowest BCUT2D eigenvalue weighted by Crippen LogP contribution is -2.69. The molecule has 77 heavy (non-hydrogen) atoms. The van der Waals surface area contributed by atoms with Crippen molar-refractivity contribution in [2.75, 3.05) is 0 Å². The van der Waals surface area contributed by atoms with Gasteiger partial charge in [0.25, 0.3) is 0 Å². The van der Waals surface area contributed by atoms with Crippen molar-refractivity contribution in [1.82, 2.24) is 0 Å². The Bertz CT molecular complexity index is 2410. The second kappa shape index (κ2) is 18.1. The molecule has 0 fully saturated rings. The molecule has 41 heteroatoms. The van der Waals surface area contributed by atoms with E-state index in [1.54, 1.807) is 0 Å². The van der Waals surface area contributed by atoms with Gasteiger partial charge in [-0.15, -0.1) is 0 Å². The van der Waals surface area contributed by atoms with Gasteiger partial charge in [0.05, 0.1) is 0 Å². The quantitative estimate of drug-likeness (QED) is 0.0916. The van der Waals surface area contributed by atoms with Crippen molar-refractivity contribution in [2.45, 2.75) is 107 Å². The maximum absolute atomic E-state index is 15.4. The maximum atomic E-state index is 15.4. The summed E-state index contributed by atoms with van der Waals surface area (Å²) in [6, 6.07) is -10.0. The molecule has 3 aromatic carbocycles. The van der Waals surface area contributed by atoms with Gasteiger partial charge in [-0.1, -0.05) is 54.6 Å².